The predicted molar refractivity (Wildman–Crippen MR) is 61.0 cm³/mol. The van der Waals surface area contributed by atoms with Crippen LogP contribution in [-0.4, -0.2) is 32.4 Å². The van der Waals surface area contributed by atoms with Crippen LogP contribution in [0.1, 0.15) is 17.2 Å². The van der Waals surface area contributed by atoms with Crippen molar-refractivity contribution < 1.29 is 17.9 Å². The molecule has 0 aliphatic rings. The van der Waals surface area contributed by atoms with Crippen molar-refractivity contribution >= 4 is 17.2 Å². The van der Waals surface area contributed by atoms with Crippen LogP contribution < -0.4 is 0 Å². The first kappa shape index (κ1) is 14.0. The molecule has 9 heteroatoms. The van der Waals surface area contributed by atoms with Crippen LogP contribution in [0.25, 0.3) is 5.65 Å². The van der Waals surface area contributed by atoms with E-state index in [1.807, 2.05) is 0 Å². The lowest BCUT2D eigenvalue weighted by Gasteiger charge is -2.09. The van der Waals surface area contributed by atoms with Gasteiger partial charge >= 0.3 is 6.18 Å². The monoisotopic (exact) mass is 294 g/mol. The summed E-state index contributed by atoms with van der Waals surface area (Å²) in [5.41, 5.74) is 1.65. The van der Waals surface area contributed by atoms with Crippen molar-refractivity contribution in [3.8, 4) is 0 Å². The number of aryl methyl sites for hydroxylation is 2. The second-order valence-electron chi connectivity index (χ2n) is 3.96. The number of fused-ring (bicyclic) bond motifs is 1. The fourth-order valence-electron chi connectivity index (χ4n) is 1.59. The van der Waals surface area contributed by atoms with Crippen LogP contribution in [0.5, 0.6) is 0 Å². The molecule has 0 aromatic carbocycles. The minimum absolute atomic E-state index is 0.151. The van der Waals surface area contributed by atoms with Crippen molar-refractivity contribution in [2.75, 3.05) is 6.61 Å². The third kappa shape index (κ3) is 2.95. The van der Waals surface area contributed by atoms with E-state index in [0.29, 0.717) is 17.0 Å². The van der Waals surface area contributed by atoms with Crippen molar-refractivity contribution in [3.05, 3.63) is 22.4 Å². The van der Waals surface area contributed by atoms with Crippen LogP contribution in [0, 0.1) is 13.8 Å². The molecule has 2 rings (SSSR count). The van der Waals surface area contributed by atoms with Crippen molar-refractivity contribution in [1.82, 2.24) is 19.6 Å². The summed E-state index contributed by atoms with van der Waals surface area (Å²) in [5.74, 6) is 0.254. The van der Waals surface area contributed by atoms with Crippen LogP contribution in [-0.2, 0) is 11.3 Å². The highest BCUT2D eigenvalue weighted by molar-refractivity contribution is 6.32. The number of ether oxygens (including phenoxy) is 1. The Kier molecular flexibility index (Phi) is 3.64. The summed E-state index contributed by atoms with van der Waals surface area (Å²) in [6.07, 6.45) is -4.37. The van der Waals surface area contributed by atoms with Crippen molar-refractivity contribution in [2.24, 2.45) is 0 Å². The van der Waals surface area contributed by atoms with E-state index in [2.05, 4.69) is 19.9 Å². The first-order chi connectivity index (χ1) is 8.79. The Hall–Kier alpha value is -1.41. The molecule has 5 nitrogen and oxygen atoms in total. The second-order valence-corrected chi connectivity index (χ2v) is 4.31. The molecule has 104 valence electrons. The maximum Gasteiger partial charge on any atom is 0.411 e. The zero-order valence-electron chi connectivity index (χ0n) is 10.1. The Balaban J connectivity index is 2.30. The van der Waals surface area contributed by atoms with Crippen LogP contribution in [0.15, 0.2) is 0 Å². The van der Waals surface area contributed by atoms with E-state index in [1.54, 1.807) is 18.2 Å². The van der Waals surface area contributed by atoms with Gasteiger partial charge in [0.2, 0.25) is 0 Å². The third-order valence-electron chi connectivity index (χ3n) is 2.54. The van der Waals surface area contributed by atoms with Gasteiger partial charge in [0.05, 0.1) is 5.69 Å². The van der Waals surface area contributed by atoms with Crippen molar-refractivity contribution in [3.63, 3.8) is 0 Å². The minimum atomic E-state index is -4.37. The van der Waals surface area contributed by atoms with Gasteiger partial charge in [-0.05, 0) is 13.8 Å². The van der Waals surface area contributed by atoms with Gasteiger partial charge in [0, 0.05) is 5.69 Å². The molecule has 2 heterocycles. The maximum atomic E-state index is 12.0. The fraction of sp³-hybridized carbons (Fsp3) is 0.500. The molecule has 0 N–H and O–H groups in total. The predicted octanol–water partition coefficient (Wildman–Crippen LogP) is 2.47. The Morgan fingerprint density at radius 1 is 1.26 bits per heavy atom. The third-order valence-corrected chi connectivity index (χ3v) is 2.79. The van der Waals surface area contributed by atoms with Gasteiger partial charge in [0.25, 0.3) is 0 Å². The van der Waals surface area contributed by atoms with Gasteiger partial charge in [-0.15, -0.1) is 10.2 Å². The highest BCUT2D eigenvalue weighted by atomic mass is 35.5. The average Bonchev–Trinajstić information content (AvgIpc) is 2.69. The number of hydrogen-bond donors (Lipinski definition) is 0. The molecular weight excluding hydrogens is 285 g/mol. The van der Waals surface area contributed by atoms with E-state index >= 15 is 0 Å². The summed E-state index contributed by atoms with van der Waals surface area (Å²) in [6.45, 7) is 1.85. The quantitative estimate of drug-likeness (QED) is 0.872. The molecule has 19 heavy (non-hydrogen) atoms. The molecule has 0 amide bonds. The molecule has 0 fully saturated rings. The van der Waals surface area contributed by atoms with Gasteiger partial charge in [-0.25, -0.2) is 4.98 Å². The smallest absolute Gasteiger partial charge is 0.364 e. The standard InChI is InChI=1S/C10H10ClF3N4O/c1-5-6(2)18-7(3-19-4-10(12,13)14)16-17-9(18)8(11)15-5/h3-4H2,1-2H3. The molecule has 0 spiro atoms. The molecule has 0 aliphatic carbocycles. The zero-order valence-corrected chi connectivity index (χ0v) is 10.9. The topological polar surface area (TPSA) is 52.3 Å². The van der Waals surface area contributed by atoms with E-state index in [9.17, 15) is 13.2 Å². The summed E-state index contributed by atoms with van der Waals surface area (Å²) < 4.78 is 42.1. The molecule has 0 unspecified atom stereocenters. The van der Waals surface area contributed by atoms with Crippen molar-refractivity contribution in [2.45, 2.75) is 26.6 Å². The lowest BCUT2D eigenvalue weighted by atomic mass is 10.3. The van der Waals surface area contributed by atoms with Gasteiger partial charge in [-0.1, -0.05) is 11.6 Å². The molecule has 0 atom stereocenters. The molecule has 0 bridgehead atoms. The highest BCUT2D eigenvalue weighted by Crippen LogP contribution is 2.19. The minimum Gasteiger partial charge on any atom is -0.364 e. The lowest BCUT2D eigenvalue weighted by Crippen LogP contribution is -2.17. The Labute approximate surface area is 111 Å². The van der Waals surface area contributed by atoms with E-state index in [-0.39, 0.29) is 17.6 Å². The molecule has 0 aliphatic heterocycles. The molecule has 0 saturated heterocycles. The van der Waals surface area contributed by atoms with Gasteiger partial charge in [0.1, 0.15) is 13.2 Å². The molecular formula is C10H10ClF3N4O. The van der Waals surface area contributed by atoms with Crippen molar-refractivity contribution in [1.29, 1.82) is 0 Å². The maximum absolute atomic E-state index is 12.0. The molecule has 2 aromatic heterocycles. The summed E-state index contributed by atoms with van der Waals surface area (Å²) in [6, 6.07) is 0. The normalized spacial score (nSPS) is 12.3. The fourth-order valence-corrected chi connectivity index (χ4v) is 1.84. The summed E-state index contributed by atoms with van der Waals surface area (Å²) in [7, 11) is 0. The Bertz CT molecular complexity index is 611. The van der Waals surface area contributed by atoms with E-state index in [4.69, 9.17) is 11.6 Å². The average molecular weight is 295 g/mol. The van der Waals surface area contributed by atoms with E-state index in [0.717, 1.165) is 0 Å². The number of aromatic nitrogens is 4. The van der Waals surface area contributed by atoms with E-state index in [1.165, 1.54) is 0 Å². The first-order valence-electron chi connectivity index (χ1n) is 5.31. The number of halogens is 4. The molecule has 0 saturated carbocycles. The number of alkyl halides is 3. The summed E-state index contributed by atoms with van der Waals surface area (Å²) in [4.78, 5) is 4.06. The van der Waals surface area contributed by atoms with Crippen LogP contribution in [0.4, 0.5) is 13.2 Å². The van der Waals surface area contributed by atoms with E-state index < -0.39 is 12.8 Å². The van der Waals surface area contributed by atoms with Gasteiger partial charge in [0.15, 0.2) is 16.6 Å². The van der Waals surface area contributed by atoms with Crippen LogP contribution >= 0.6 is 11.6 Å². The van der Waals surface area contributed by atoms with Gasteiger partial charge in [-0.3, -0.25) is 4.40 Å². The Morgan fingerprint density at radius 2 is 1.95 bits per heavy atom. The second kappa shape index (κ2) is 4.93. The zero-order chi connectivity index (χ0) is 14.2. The number of hydrogen-bond acceptors (Lipinski definition) is 4. The molecule has 2 aromatic rings. The highest BCUT2D eigenvalue weighted by Gasteiger charge is 2.27. The Morgan fingerprint density at radius 3 is 2.58 bits per heavy atom. The number of rotatable bonds is 3. The van der Waals surface area contributed by atoms with Crippen LogP contribution in [0.3, 0.4) is 0 Å². The first-order valence-corrected chi connectivity index (χ1v) is 5.68. The lowest BCUT2D eigenvalue weighted by molar-refractivity contribution is -0.177. The van der Waals surface area contributed by atoms with Crippen LogP contribution in [0.2, 0.25) is 5.15 Å². The van der Waals surface area contributed by atoms with Gasteiger partial charge < -0.3 is 4.74 Å². The molecule has 0 radical (unpaired) electrons. The summed E-state index contributed by atoms with van der Waals surface area (Å²) >= 11 is 5.90. The largest absolute Gasteiger partial charge is 0.411 e. The SMILES string of the molecule is Cc1nc(Cl)c2nnc(COCC(F)(F)F)n2c1C. The summed E-state index contributed by atoms with van der Waals surface area (Å²) in [5, 5.41) is 7.72. The van der Waals surface area contributed by atoms with Gasteiger partial charge in [-0.2, -0.15) is 13.2 Å². The number of nitrogens with zero attached hydrogens (tertiary/aromatic N) is 4.